The minimum Gasteiger partial charge on any atom is -0.481 e. The molecule has 1 heterocycles. The molecule has 2 rings (SSSR count). The zero-order chi connectivity index (χ0) is 17.7. The van der Waals surface area contributed by atoms with Gasteiger partial charge in [0.25, 0.3) is 0 Å². The van der Waals surface area contributed by atoms with Gasteiger partial charge < -0.3 is 14.7 Å². The van der Waals surface area contributed by atoms with Crippen molar-refractivity contribution >= 4 is 21.7 Å². The van der Waals surface area contributed by atoms with E-state index >= 15 is 0 Å². The van der Waals surface area contributed by atoms with Crippen LogP contribution in [0.15, 0.2) is 30.3 Å². The van der Waals surface area contributed by atoms with Crippen molar-refractivity contribution in [3.05, 3.63) is 35.9 Å². The number of hydrogen-bond donors (Lipinski definition) is 1. The Balaban J connectivity index is 2.14. The minimum atomic E-state index is -3.60. The van der Waals surface area contributed by atoms with Gasteiger partial charge in [-0.2, -0.15) is 0 Å². The summed E-state index contributed by atoms with van der Waals surface area (Å²) in [4.78, 5) is 24.9. The molecule has 132 valence electrons. The highest BCUT2D eigenvalue weighted by Gasteiger charge is 2.35. The van der Waals surface area contributed by atoms with Gasteiger partial charge in [-0.15, -0.1) is 0 Å². The Kier molecular flexibility index (Phi) is 5.95. The molecule has 0 aromatic heterocycles. The average Bonchev–Trinajstić information content (AvgIpc) is 2.51. The van der Waals surface area contributed by atoms with Crippen LogP contribution in [0, 0.1) is 0 Å². The number of sulfone groups is 1. The summed E-state index contributed by atoms with van der Waals surface area (Å²) in [6, 6.07) is 8.95. The average molecular weight is 355 g/mol. The van der Waals surface area contributed by atoms with Gasteiger partial charge in [-0.1, -0.05) is 30.3 Å². The van der Waals surface area contributed by atoms with Gasteiger partial charge in [-0.25, -0.2) is 8.42 Å². The highest BCUT2D eigenvalue weighted by molar-refractivity contribution is 7.92. The van der Waals surface area contributed by atoms with E-state index in [0.717, 1.165) is 11.8 Å². The summed E-state index contributed by atoms with van der Waals surface area (Å²) in [6.07, 6.45) is 0.316. The van der Waals surface area contributed by atoms with E-state index in [9.17, 15) is 18.0 Å². The van der Waals surface area contributed by atoms with Gasteiger partial charge in [0.05, 0.1) is 19.1 Å². The lowest BCUT2D eigenvalue weighted by Gasteiger charge is -2.34. The molecule has 1 aromatic rings. The third-order valence-corrected chi connectivity index (χ3v) is 5.31. The van der Waals surface area contributed by atoms with E-state index in [1.165, 1.54) is 4.90 Å². The Morgan fingerprint density at radius 2 is 2.00 bits per heavy atom. The molecule has 24 heavy (non-hydrogen) atoms. The Bertz CT molecular complexity index is 688. The van der Waals surface area contributed by atoms with Crippen molar-refractivity contribution in [3.63, 3.8) is 0 Å². The largest absolute Gasteiger partial charge is 0.481 e. The summed E-state index contributed by atoms with van der Waals surface area (Å²) in [5.41, 5.74) is 0.761. The molecule has 1 N–H and O–H groups in total. The molecule has 0 saturated carbocycles. The predicted molar refractivity (Wildman–Crippen MR) is 87.4 cm³/mol. The first-order chi connectivity index (χ1) is 11.3. The lowest BCUT2D eigenvalue weighted by Crippen LogP contribution is -2.51. The number of nitrogens with zero attached hydrogens (tertiary/aromatic N) is 1. The van der Waals surface area contributed by atoms with Gasteiger partial charge in [0.15, 0.2) is 9.84 Å². The molecule has 1 saturated heterocycles. The Labute approximate surface area is 141 Å². The molecule has 1 aliphatic heterocycles. The molecule has 0 bridgehead atoms. The number of rotatable bonds is 6. The zero-order valence-electron chi connectivity index (χ0n) is 13.4. The zero-order valence-corrected chi connectivity index (χ0v) is 14.2. The molecular formula is C16H21NO6S. The molecule has 2 atom stereocenters. The van der Waals surface area contributed by atoms with Crippen LogP contribution in [0.25, 0.3) is 0 Å². The first kappa shape index (κ1) is 18.4. The van der Waals surface area contributed by atoms with E-state index in [2.05, 4.69) is 0 Å². The van der Waals surface area contributed by atoms with Gasteiger partial charge in [0.1, 0.15) is 5.25 Å². The van der Waals surface area contributed by atoms with Gasteiger partial charge in [-0.05, 0) is 12.0 Å². The fourth-order valence-corrected chi connectivity index (χ4v) is 3.70. The van der Waals surface area contributed by atoms with Crippen LogP contribution >= 0.6 is 0 Å². The first-order valence-corrected chi connectivity index (χ1v) is 9.58. The van der Waals surface area contributed by atoms with Crippen LogP contribution < -0.4 is 0 Å². The second-order valence-corrected chi connectivity index (χ2v) is 8.11. The van der Waals surface area contributed by atoms with E-state index in [-0.39, 0.29) is 32.5 Å². The summed E-state index contributed by atoms with van der Waals surface area (Å²) in [7, 11) is -3.60. The molecule has 7 nitrogen and oxygen atoms in total. The van der Waals surface area contributed by atoms with Gasteiger partial charge in [-0.3, -0.25) is 9.59 Å². The molecular weight excluding hydrogens is 334 g/mol. The molecule has 1 aromatic carbocycles. The molecule has 0 aliphatic carbocycles. The van der Waals surface area contributed by atoms with E-state index in [1.54, 1.807) is 24.3 Å². The maximum absolute atomic E-state index is 12.7. The number of aliphatic carboxylic acids is 1. The van der Waals surface area contributed by atoms with Crippen molar-refractivity contribution < 1.29 is 27.9 Å². The number of ether oxygens (including phenoxy) is 1. The fraction of sp³-hybridized carbons (Fsp3) is 0.500. The second kappa shape index (κ2) is 7.76. The number of carbonyl (C=O) groups excluding carboxylic acids is 1. The van der Waals surface area contributed by atoms with Gasteiger partial charge in [0, 0.05) is 19.3 Å². The maximum Gasteiger partial charge on any atom is 0.306 e. The highest BCUT2D eigenvalue weighted by Crippen LogP contribution is 2.16. The number of benzene rings is 1. The predicted octanol–water partition coefficient (Wildman–Crippen LogP) is 0.344. The molecule has 1 fully saturated rings. The van der Waals surface area contributed by atoms with E-state index in [4.69, 9.17) is 9.84 Å². The van der Waals surface area contributed by atoms with Crippen LogP contribution in [0.4, 0.5) is 0 Å². The smallest absolute Gasteiger partial charge is 0.306 e. The SMILES string of the molecule is CS(=O)(=O)C(Cc1ccccc1)C(=O)N1CCOC(CC(=O)O)C1. The van der Waals surface area contributed by atoms with Crippen molar-refractivity contribution in [3.8, 4) is 0 Å². The Morgan fingerprint density at radius 3 is 2.58 bits per heavy atom. The third-order valence-electron chi connectivity index (χ3n) is 3.91. The van der Waals surface area contributed by atoms with Crippen molar-refractivity contribution in [2.75, 3.05) is 26.0 Å². The number of carbonyl (C=O) groups is 2. The Hall–Kier alpha value is -1.93. The van der Waals surface area contributed by atoms with Crippen molar-refractivity contribution in [1.29, 1.82) is 0 Å². The van der Waals surface area contributed by atoms with Crippen LogP contribution in [0.1, 0.15) is 12.0 Å². The first-order valence-electron chi connectivity index (χ1n) is 7.62. The summed E-state index contributed by atoms with van der Waals surface area (Å²) in [6.45, 7) is 0.549. The van der Waals surface area contributed by atoms with Crippen LogP contribution in [-0.2, 0) is 30.6 Å². The van der Waals surface area contributed by atoms with Crippen LogP contribution in [0.5, 0.6) is 0 Å². The van der Waals surface area contributed by atoms with Gasteiger partial charge in [0.2, 0.25) is 5.91 Å². The van der Waals surface area contributed by atoms with E-state index in [1.807, 2.05) is 6.07 Å². The number of morpholine rings is 1. The van der Waals surface area contributed by atoms with E-state index < -0.39 is 33.1 Å². The third kappa shape index (κ3) is 5.04. The van der Waals surface area contributed by atoms with Crippen LogP contribution in [0.2, 0.25) is 0 Å². The maximum atomic E-state index is 12.7. The molecule has 1 aliphatic rings. The normalized spacial score (nSPS) is 19.7. The molecule has 8 heteroatoms. The van der Waals surface area contributed by atoms with Crippen LogP contribution in [0.3, 0.4) is 0 Å². The van der Waals surface area contributed by atoms with Crippen molar-refractivity contribution in [2.24, 2.45) is 0 Å². The molecule has 0 radical (unpaired) electrons. The quantitative estimate of drug-likeness (QED) is 0.790. The molecule has 0 spiro atoms. The standard InChI is InChI=1S/C16H21NO6S/c1-24(21,22)14(9-12-5-3-2-4-6-12)16(20)17-7-8-23-13(11-17)10-15(18)19/h2-6,13-14H,7-11H2,1H3,(H,18,19). The van der Waals surface area contributed by atoms with Crippen molar-refractivity contribution in [1.82, 2.24) is 4.90 Å². The summed E-state index contributed by atoms with van der Waals surface area (Å²) in [5, 5.41) is 7.67. The van der Waals surface area contributed by atoms with Gasteiger partial charge >= 0.3 is 5.97 Å². The van der Waals surface area contributed by atoms with E-state index in [0.29, 0.717) is 0 Å². The number of carboxylic acids is 1. The lowest BCUT2D eigenvalue weighted by molar-refractivity contribution is -0.147. The van der Waals surface area contributed by atoms with Crippen LogP contribution in [-0.4, -0.2) is 67.6 Å². The minimum absolute atomic E-state index is 0.0892. The molecule has 1 amide bonds. The number of amides is 1. The second-order valence-electron chi connectivity index (χ2n) is 5.88. The number of hydrogen-bond acceptors (Lipinski definition) is 5. The summed E-state index contributed by atoms with van der Waals surface area (Å²) in [5.74, 6) is -1.52. The fourth-order valence-electron chi connectivity index (χ4n) is 2.69. The lowest BCUT2D eigenvalue weighted by atomic mass is 10.1. The van der Waals surface area contributed by atoms with Crippen molar-refractivity contribution in [2.45, 2.75) is 24.2 Å². The molecule has 2 unspecified atom stereocenters. The summed E-state index contributed by atoms with van der Waals surface area (Å²) < 4.78 is 29.5. The topological polar surface area (TPSA) is 101 Å². The summed E-state index contributed by atoms with van der Waals surface area (Å²) >= 11 is 0. The Morgan fingerprint density at radius 1 is 1.33 bits per heavy atom. The monoisotopic (exact) mass is 355 g/mol. The highest BCUT2D eigenvalue weighted by atomic mass is 32.2. The number of carboxylic acid groups (broad SMARTS) is 1.